The summed E-state index contributed by atoms with van der Waals surface area (Å²) in [7, 11) is 1.74. The molecule has 0 fully saturated rings. The molecule has 0 unspecified atom stereocenters. The van der Waals surface area contributed by atoms with E-state index in [4.69, 9.17) is 5.11 Å². The lowest BCUT2D eigenvalue weighted by Gasteiger charge is -2.34. The molecule has 0 spiro atoms. The molecule has 2 amide bonds. The quantitative estimate of drug-likeness (QED) is 0.858. The molecule has 2 rings (SSSR count). The Labute approximate surface area is 118 Å². The number of urea groups is 1. The predicted molar refractivity (Wildman–Crippen MR) is 76.7 cm³/mol. The number of fused-ring (bicyclic) bond motifs is 1. The normalized spacial score (nSPS) is 15.3. The smallest absolute Gasteiger partial charge is 0.331 e. The number of carboxylic acids is 1. The highest BCUT2D eigenvalue weighted by molar-refractivity contribution is 5.95. The Kier molecular flexibility index (Phi) is 4.08. The second kappa shape index (κ2) is 5.77. The molecule has 0 aromatic heterocycles. The molecule has 1 heterocycles. The van der Waals surface area contributed by atoms with Gasteiger partial charge >= 0.3 is 12.0 Å². The lowest BCUT2D eigenvalue weighted by Crippen LogP contribution is -2.45. The second-order valence-electron chi connectivity index (χ2n) is 4.77. The SMILES string of the molecule is CC/C(=C/CN1C(=O)N(C)Cc2ccccc21)C(=O)O. The van der Waals surface area contributed by atoms with Crippen molar-refractivity contribution >= 4 is 17.7 Å². The Morgan fingerprint density at radius 3 is 2.75 bits per heavy atom. The van der Waals surface area contributed by atoms with Crippen molar-refractivity contribution in [3.05, 3.63) is 41.5 Å². The highest BCUT2D eigenvalue weighted by Crippen LogP contribution is 2.27. The zero-order valence-electron chi connectivity index (χ0n) is 11.7. The van der Waals surface area contributed by atoms with E-state index in [0.29, 0.717) is 18.5 Å². The number of benzene rings is 1. The highest BCUT2D eigenvalue weighted by atomic mass is 16.4. The molecule has 106 valence electrons. The summed E-state index contributed by atoms with van der Waals surface area (Å²) in [4.78, 5) is 26.5. The largest absolute Gasteiger partial charge is 0.478 e. The molecular formula is C15H18N2O3. The third-order valence-electron chi connectivity index (χ3n) is 3.42. The van der Waals surface area contributed by atoms with Crippen LogP contribution in [0.25, 0.3) is 0 Å². The third-order valence-corrected chi connectivity index (χ3v) is 3.42. The molecule has 1 aromatic carbocycles. The van der Waals surface area contributed by atoms with Gasteiger partial charge in [-0.2, -0.15) is 0 Å². The van der Waals surface area contributed by atoms with Gasteiger partial charge in [0, 0.05) is 25.7 Å². The van der Waals surface area contributed by atoms with E-state index in [-0.39, 0.29) is 12.6 Å². The van der Waals surface area contributed by atoms with Gasteiger partial charge in [-0.1, -0.05) is 31.2 Å². The topological polar surface area (TPSA) is 60.9 Å². The number of hydrogen-bond donors (Lipinski definition) is 1. The standard InChI is InChI=1S/C15H18N2O3/c1-3-11(14(18)19)8-9-17-13-7-5-4-6-12(13)10-16(2)15(17)20/h4-8H,3,9-10H2,1-2H3,(H,18,19)/b11-8-. The lowest BCUT2D eigenvalue weighted by atomic mass is 10.1. The average Bonchev–Trinajstić information content (AvgIpc) is 2.43. The number of carbonyl (C=O) groups excluding carboxylic acids is 1. The summed E-state index contributed by atoms with van der Waals surface area (Å²) in [6.07, 6.45) is 2.05. The Hall–Kier alpha value is -2.30. The second-order valence-corrected chi connectivity index (χ2v) is 4.77. The van der Waals surface area contributed by atoms with Crippen LogP contribution in [0, 0.1) is 0 Å². The number of carbonyl (C=O) groups is 2. The number of para-hydroxylation sites is 1. The molecule has 0 aliphatic carbocycles. The van der Waals surface area contributed by atoms with Crippen molar-refractivity contribution in [3.63, 3.8) is 0 Å². The van der Waals surface area contributed by atoms with Crippen molar-refractivity contribution in [2.75, 3.05) is 18.5 Å². The molecule has 5 heteroatoms. The molecule has 5 nitrogen and oxygen atoms in total. The predicted octanol–water partition coefficient (Wildman–Crippen LogP) is 2.48. The summed E-state index contributed by atoms with van der Waals surface area (Å²) in [6.45, 7) is 2.64. The lowest BCUT2D eigenvalue weighted by molar-refractivity contribution is -0.132. The first-order valence-corrected chi connectivity index (χ1v) is 6.57. The Morgan fingerprint density at radius 2 is 2.10 bits per heavy atom. The molecular weight excluding hydrogens is 256 g/mol. The van der Waals surface area contributed by atoms with Crippen molar-refractivity contribution in [3.8, 4) is 0 Å². The van der Waals surface area contributed by atoms with Gasteiger partial charge in [-0.05, 0) is 18.1 Å². The number of anilines is 1. The maximum atomic E-state index is 12.2. The van der Waals surface area contributed by atoms with E-state index in [1.807, 2.05) is 24.3 Å². The van der Waals surface area contributed by atoms with Gasteiger partial charge in [-0.3, -0.25) is 4.90 Å². The fourth-order valence-corrected chi connectivity index (χ4v) is 2.30. The van der Waals surface area contributed by atoms with Crippen LogP contribution in [-0.4, -0.2) is 35.6 Å². The van der Waals surface area contributed by atoms with Crippen LogP contribution in [0.4, 0.5) is 10.5 Å². The fraction of sp³-hybridized carbons (Fsp3) is 0.333. The first-order valence-electron chi connectivity index (χ1n) is 6.57. The monoisotopic (exact) mass is 274 g/mol. The van der Waals surface area contributed by atoms with E-state index in [0.717, 1.165) is 11.3 Å². The van der Waals surface area contributed by atoms with E-state index in [2.05, 4.69) is 0 Å². The molecule has 0 saturated heterocycles. The molecule has 0 bridgehead atoms. The number of rotatable bonds is 4. The number of nitrogens with zero attached hydrogens (tertiary/aromatic N) is 2. The van der Waals surface area contributed by atoms with Crippen LogP contribution < -0.4 is 4.90 Å². The molecule has 0 atom stereocenters. The Balaban J connectivity index is 2.30. The summed E-state index contributed by atoms with van der Waals surface area (Å²) in [5.41, 5.74) is 2.24. The minimum atomic E-state index is -0.932. The Bertz CT molecular complexity index is 566. The molecule has 0 radical (unpaired) electrons. The van der Waals surface area contributed by atoms with Gasteiger partial charge in [-0.15, -0.1) is 0 Å². The van der Waals surface area contributed by atoms with E-state index in [1.165, 1.54) is 0 Å². The van der Waals surface area contributed by atoms with Crippen LogP contribution in [0.5, 0.6) is 0 Å². The zero-order chi connectivity index (χ0) is 14.7. The highest BCUT2D eigenvalue weighted by Gasteiger charge is 2.26. The van der Waals surface area contributed by atoms with E-state index < -0.39 is 5.97 Å². The summed E-state index contributed by atoms with van der Waals surface area (Å²) < 4.78 is 0. The van der Waals surface area contributed by atoms with Gasteiger partial charge in [0.15, 0.2) is 0 Å². The molecule has 1 aliphatic heterocycles. The van der Waals surface area contributed by atoms with Gasteiger partial charge in [0.05, 0.1) is 5.69 Å². The van der Waals surface area contributed by atoms with Crippen molar-refractivity contribution in [1.82, 2.24) is 4.90 Å². The number of aliphatic carboxylic acids is 1. The van der Waals surface area contributed by atoms with Gasteiger partial charge in [0.1, 0.15) is 0 Å². The van der Waals surface area contributed by atoms with E-state index in [9.17, 15) is 9.59 Å². The van der Waals surface area contributed by atoms with Crippen LogP contribution in [0.2, 0.25) is 0 Å². The summed E-state index contributed by atoms with van der Waals surface area (Å²) in [5.74, 6) is -0.932. The van der Waals surface area contributed by atoms with Crippen LogP contribution >= 0.6 is 0 Å². The maximum Gasteiger partial charge on any atom is 0.331 e. The van der Waals surface area contributed by atoms with Crippen LogP contribution in [0.1, 0.15) is 18.9 Å². The third kappa shape index (κ3) is 2.66. The fourth-order valence-electron chi connectivity index (χ4n) is 2.30. The summed E-state index contributed by atoms with van der Waals surface area (Å²) in [6, 6.07) is 7.57. The van der Waals surface area contributed by atoms with Crippen molar-refractivity contribution < 1.29 is 14.7 Å². The van der Waals surface area contributed by atoms with Crippen molar-refractivity contribution in [2.24, 2.45) is 0 Å². The van der Waals surface area contributed by atoms with Crippen LogP contribution in [0.3, 0.4) is 0 Å². The first kappa shape index (κ1) is 14.1. The molecule has 20 heavy (non-hydrogen) atoms. The number of carboxylic acid groups (broad SMARTS) is 1. The molecule has 1 aliphatic rings. The minimum absolute atomic E-state index is 0.110. The number of amides is 2. The average molecular weight is 274 g/mol. The molecule has 1 N–H and O–H groups in total. The van der Waals surface area contributed by atoms with Crippen LogP contribution in [0.15, 0.2) is 35.9 Å². The summed E-state index contributed by atoms with van der Waals surface area (Å²) >= 11 is 0. The zero-order valence-corrected chi connectivity index (χ0v) is 11.7. The summed E-state index contributed by atoms with van der Waals surface area (Å²) in [5, 5.41) is 9.03. The molecule has 1 aromatic rings. The van der Waals surface area contributed by atoms with Crippen molar-refractivity contribution in [1.29, 1.82) is 0 Å². The van der Waals surface area contributed by atoms with Gasteiger partial charge in [-0.25, -0.2) is 9.59 Å². The Morgan fingerprint density at radius 1 is 1.40 bits per heavy atom. The maximum absolute atomic E-state index is 12.2. The van der Waals surface area contributed by atoms with Gasteiger partial charge in [0.25, 0.3) is 0 Å². The van der Waals surface area contributed by atoms with Gasteiger partial charge in [0.2, 0.25) is 0 Å². The van der Waals surface area contributed by atoms with E-state index in [1.54, 1.807) is 29.8 Å². The first-order chi connectivity index (χ1) is 9.54. The van der Waals surface area contributed by atoms with Gasteiger partial charge < -0.3 is 10.0 Å². The van der Waals surface area contributed by atoms with Crippen LogP contribution in [-0.2, 0) is 11.3 Å². The minimum Gasteiger partial charge on any atom is -0.478 e. The van der Waals surface area contributed by atoms with Crippen molar-refractivity contribution in [2.45, 2.75) is 19.9 Å². The van der Waals surface area contributed by atoms with E-state index >= 15 is 0 Å². The number of hydrogen-bond acceptors (Lipinski definition) is 2. The molecule has 0 saturated carbocycles.